The topological polar surface area (TPSA) is 72.3 Å². The van der Waals surface area contributed by atoms with Crippen molar-refractivity contribution in [1.29, 1.82) is 0 Å². The number of para-hydroxylation sites is 1. The molecule has 6 heteroatoms. The van der Waals surface area contributed by atoms with Crippen molar-refractivity contribution in [2.75, 3.05) is 0 Å². The Morgan fingerprint density at radius 2 is 1.72 bits per heavy atom. The number of esters is 1. The first kappa shape index (κ1) is 20.3. The van der Waals surface area contributed by atoms with E-state index in [0.29, 0.717) is 22.3 Å². The number of hydrogen-bond donors (Lipinski definition) is 1. The Labute approximate surface area is 192 Å². The molecule has 5 rings (SSSR count). The van der Waals surface area contributed by atoms with Gasteiger partial charge in [0.05, 0.1) is 0 Å². The fraction of sp³-hybridized carbons (Fsp3) is 0.0769. The molecule has 0 aliphatic carbocycles. The molecule has 32 heavy (non-hydrogen) atoms. The van der Waals surface area contributed by atoms with Crippen molar-refractivity contribution in [2.24, 2.45) is 0 Å². The third-order valence-electron chi connectivity index (χ3n) is 5.50. The van der Waals surface area contributed by atoms with Crippen LogP contribution in [0.5, 0.6) is 0 Å². The van der Waals surface area contributed by atoms with Gasteiger partial charge in [0, 0.05) is 43.6 Å². The molecule has 2 heterocycles. The Kier molecular flexibility index (Phi) is 5.15. The summed E-state index contributed by atoms with van der Waals surface area (Å²) in [6.45, 7) is 1.80. The number of rotatable bonds is 5. The molecule has 5 aromatic rings. The van der Waals surface area contributed by atoms with Crippen molar-refractivity contribution in [2.45, 2.75) is 13.0 Å². The molecule has 0 fully saturated rings. The molecule has 158 valence electrons. The zero-order chi connectivity index (χ0) is 22.2. The minimum Gasteiger partial charge on any atom is -0.449 e. The molecule has 1 unspecified atom stereocenters. The predicted molar refractivity (Wildman–Crippen MR) is 126 cm³/mol. The number of ether oxygens (including phenoxy) is 1. The van der Waals surface area contributed by atoms with E-state index in [1.807, 2.05) is 54.6 Å². The summed E-state index contributed by atoms with van der Waals surface area (Å²) in [7, 11) is 0. The first-order valence-electron chi connectivity index (χ1n) is 10.1. The van der Waals surface area contributed by atoms with Crippen molar-refractivity contribution >= 4 is 49.6 Å². The third kappa shape index (κ3) is 3.52. The van der Waals surface area contributed by atoms with Gasteiger partial charge in [-0.05, 0) is 31.2 Å². The lowest BCUT2D eigenvalue weighted by atomic mass is 9.99. The summed E-state index contributed by atoms with van der Waals surface area (Å²) >= 11 is 3.44. The Morgan fingerprint density at radius 3 is 2.53 bits per heavy atom. The van der Waals surface area contributed by atoms with Crippen LogP contribution in [0.4, 0.5) is 0 Å². The Balaban J connectivity index is 1.54. The number of halogens is 1. The van der Waals surface area contributed by atoms with E-state index < -0.39 is 12.1 Å². The number of furan rings is 1. The minimum atomic E-state index is -1.11. The van der Waals surface area contributed by atoms with Gasteiger partial charge in [0.1, 0.15) is 5.58 Å². The van der Waals surface area contributed by atoms with Crippen LogP contribution in [0, 0.1) is 6.92 Å². The van der Waals surface area contributed by atoms with E-state index in [0.717, 1.165) is 20.8 Å². The summed E-state index contributed by atoms with van der Waals surface area (Å²) in [5.74, 6) is -0.902. The highest BCUT2D eigenvalue weighted by Gasteiger charge is 2.30. The van der Waals surface area contributed by atoms with Crippen LogP contribution in [0.1, 0.15) is 38.1 Å². The molecule has 0 saturated carbocycles. The van der Waals surface area contributed by atoms with E-state index >= 15 is 0 Å². The van der Waals surface area contributed by atoms with E-state index in [-0.39, 0.29) is 11.5 Å². The molecule has 3 aromatic carbocycles. The van der Waals surface area contributed by atoms with E-state index in [2.05, 4.69) is 20.9 Å². The lowest BCUT2D eigenvalue weighted by molar-refractivity contribution is 0.0252. The van der Waals surface area contributed by atoms with Crippen LogP contribution in [0.2, 0.25) is 0 Å². The molecule has 2 aromatic heterocycles. The summed E-state index contributed by atoms with van der Waals surface area (Å²) < 4.78 is 12.5. The highest BCUT2D eigenvalue weighted by molar-refractivity contribution is 9.10. The van der Waals surface area contributed by atoms with Gasteiger partial charge in [0.15, 0.2) is 6.10 Å². The molecule has 5 nitrogen and oxygen atoms in total. The van der Waals surface area contributed by atoms with Crippen molar-refractivity contribution in [3.63, 3.8) is 0 Å². The van der Waals surface area contributed by atoms with Gasteiger partial charge < -0.3 is 14.1 Å². The second-order valence-corrected chi connectivity index (χ2v) is 8.42. The van der Waals surface area contributed by atoms with E-state index in [1.165, 1.54) is 0 Å². The van der Waals surface area contributed by atoms with Gasteiger partial charge in [0.25, 0.3) is 0 Å². The molecular formula is C26H18BrNO4. The number of nitrogens with one attached hydrogen (secondary N) is 1. The monoisotopic (exact) mass is 487 g/mol. The maximum Gasteiger partial charge on any atom is 0.375 e. The van der Waals surface area contributed by atoms with Gasteiger partial charge in [-0.25, -0.2) is 4.79 Å². The van der Waals surface area contributed by atoms with Crippen LogP contribution in [0.25, 0.3) is 21.9 Å². The molecule has 0 aliphatic rings. The van der Waals surface area contributed by atoms with Gasteiger partial charge in [-0.1, -0.05) is 64.5 Å². The highest BCUT2D eigenvalue weighted by Crippen LogP contribution is 2.32. The second-order valence-electron chi connectivity index (χ2n) is 7.50. The SMILES string of the molecule is Cc1c(C(=O)OC(C(=O)c2c[nH]c3ccccc23)c2ccccc2)oc2ccc(Br)cc12. The molecule has 0 radical (unpaired) electrons. The molecule has 1 atom stereocenters. The van der Waals surface area contributed by atoms with Crippen molar-refractivity contribution in [3.05, 3.63) is 106 Å². The zero-order valence-electron chi connectivity index (χ0n) is 17.1. The van der Waals surface area contributed by atoms with Crippen LogP contribution in [0.3, 0.4) is 0 Å². The zero-order valence-corrected chi connectivity index (χ0v) is 18.7. The number of hydrogen-bond acceptors (Lipinski definition) is 4. The van der Waals surface area contributed by atoms with Gasteiger partial charge in [0.2, 0.25) is 11.5 Å². The Bertz CT molecular complexity index is 1470. The predicted octanol–water partition coefficient (Wildman–Crippen LogP) is 6.77. The van der Waals surface area contributed by atoms with Crippen molar-refractivity contribution in [3.8, 4) is 0 Å². The summed E-state index contributed by atoms with van der Waals surface area (Å²) in [5.41, 5.74) is 3.14. The molecule has 0 amide bonds. The quantitative estimate of drug-likeness (QED) is 0.219. The standard InChI is InChI=1S/C26H18BrNO4/c1-15-19-13-17(27)11-12-22(19)31-24(15)26(30)32-25(16-7-3-2-4-8-16)23(29)20-14-28-21-10-6-5-9-18(20)21/h2-14,25,28H,1H3. The maximum atomic E-state index is 13.6. The summed E-state index contributed by atoms with van der Waals surface area (Å²) in [6, 6.07) is 22.0. The maximum absolute atomic E-state index is 13.6. The molecule has 0 bridgehead atoms. The number of fused-ring (bicyclic) bond motifs is 2. The minimum absolute atomic E-state index is 0.0887. The van der Waals surface area contributed by atoms with Crippen molar-refractivity contribution < 1.29 is 18.7 Å². The summed E-state index contributed by atoms with van der Waals surface area (Å²) in [6.07, 6.45) is 0.544. The molecule has 0 spiro atoms. The van der Waals surface area contributed by atoms with Crippen LogP contribution in [0.15, 0.2) is 87.9 Å². The lowest BCUT2D eigenvalue weighted by Gasteiger charge is -2.16. The van der Waals surface area contributed by atoms with E-state index in [9.17, 15) is 9.59 Å². The third-order valence-corrected chi connectivity index (χ3v) is 6.00. The van der Waals surface area contributed by atoms with E-state index in [1.54, 1.807) is 31.3 Å². The van der Waals surface area contributed by atoms with Gasteiger partial charge in [-0.2, -0.15) is 0 Å². The Morgan fingerprint density at radius 1 is 0.969 bits per heavy atom. The number of aryl methyl sites for hydroxylation is 1. The number of Topliss-reactive ketones (excluding diaryl/α,β-unsaturated/α-hetero) is 1. The number of ketones is 1. The molecular weight excluding hydrogens is 470 g/mol. The average Bonchev–Trinajstić information content (AvgIpc) is 3.39. The first-order valence-corrected chi connectivity index (χ1v) is 10.9. The fourth-order valence-corrected chi connectivity index (χ4v) is 4.23. The molecule has 0 saturated heterocycles. The summed E-state index contributed by atoms with van der Waals surface area (Å²) in [5, 5.41) is 1.59. The number of benzene rings is 3. The van der Waals surface area contributed by atoms with Crippen molar-refractivity contribution in [1.82, 2.24) is 4.98 Å². The number of carbonyl (C=O) groups is 2. The smallest absolute Gasteiger partial charge is 0.375 e. The normalized spacial score (nSPS) is 12.2. The number of aromatic nitrogens is 1. The summed E-state index contributed by atoms with van der Waals surface area (Å²) in [4.78, 5) is 29.8. The van der Waals surface area contributed by atoms with Crippen LogP contribution >= 0.6 is 15.9 Å². The lowest BCUT2D eigenvalue weighted by Crippen LogP contribution is -2.20. The van der Waals surface area contributed by atoms with Gasteiger partial charge >= 0.3 is 5.97 Å². The Hall–Kier alpha value is -3.64. The van der Waals surface area contributed by atoms with Crippen LogP contribution in [-0.4, -0.2) is 16.7 Å². The number of H-pyrrole nitrogens is 1. The highest BCUT2D eigenvalue weighted by atomic mass is 79.9. The van der Waals surface area contributed by atoms with Crippen LogP contribution in [-0.2, 0) is 4.74 Å². The largest absolute Gasteiger partial charge is 0.449 e. The van der Waals surface area contributed by atoms with Crippen LogP contribution < -0.4 is 0 Å². The molecule has 1 N–H and O–H groups in total. The number of carbonyl (C=O) groups excluding carboxylic acids is 2. The first-order chi connectivity index (χ1) is 15.5. The second kappa shape index (κ2) is 8.13. The van der Waals surface area contributed by atoms with E-state index in [4.69, 9.17) is 9.15 Å². The van der Waals surface area contributed by atoms with Gasteiger partial charge in [-0.15, -0.1) is 0 Å². The average molecular weight is 488 g/mol. The fourth-order valence-electron chi connectivity index (χ4n) is 3.87. The number of aromatic amines is 1. The molecule has 0 aliphatic heterocycles. The van der Waals surface area contributed by atoms with Gasteiger partial charge in [-0.3, -0.25) is 4.79 Å².